The van der Waals surface area contributed by atoms with Crippen LogP contribution in [0.15, 0.2) is 17.2 Å². The lowest BCUT2D eigenvalue weighted by Gasteiger charge is -2.35. The van der Waals surface area contributed by atoms with Gasteiger partial charge in [0.2, 0.25) is 5.91 Å². The lowest BCUT2D eigenvalue weighted by Crippen LogP contribution is -2.45. The number of carbonyl (C=O) groups is 1. The van der Waals surface area contributed by atoms with Crippen molar-refractivity contribution in [1.29, 1.82) is 0 Å². The molecule has 1 aromatic rings. The normalized spacial score (nSPS) is 25.0. The van der Waals surface area contributed by atoms with Gasteiger partial charge in [0.05, 0.1) is 12.0 Å². The number of amides is 1. The van der Waals surface area contributed by atoms with Gasteiger partial charge in [-0.1, -0.05) is 0 Å². The zero-order chi connectivity index (χ0) is 18.1. The van der Waals surface area contributed by atoms with E-state index in [0.29, 0.717) is 17.9 Å². The first-order valence-corrected chi connectivity index (χ1v) is 10.2. The minimum atomic E-state index is 0.104. The molecule has 1 saturated carbocycles. The minimum Gasteiger partial charge on any atom is -0.339 e. The third-order valence-corrected chi connectivity index (χ3v) is 6.31. The highest BCUT2D eigenvalue weighted by Crippen LogP contribution is 2.38. The molecule has 0 spiro atoms. The van der Waals surface area contributed by atoms with Crippen LogP contribution in [-0.4, -0.2) is 57.5 Å². The molecule has 3 fully saturated rings. The average molecular weight is 358 g/mol. The Hall–Kier alpha value is -1.69. The SMILES string of the molecule is CC(=O)N1CCCC1CN1CCC(Cn2cnc(C3CC3)cc2=O)CC1. The standard InChI is InChI=1S/C20H30N4O2/c1-15(25)24-8-2-3-18(24)13-22-9-6-16(7-10-22)12-23-14-21-19(11-20(23)26)17-4-5-17/h11,14,16-18H,2-10,12-13H2,1H3. The fourth-order valence-corrected chi connectivity index (χ4v) is 4.55. The molecule has 6 heteroatoms. The van der Waals surface area contributed by atoms with Crippen molar-refractivity contribution in [2.75, 3.05) is 26.2 Å². The third kappa shape index (κ3) is 4.00. The molecule has 2 aliphatic heterocycles. The summed E-state index contributed by atoms with van der Waals surface area (Å²) in [5.74, 6) is 1.29. The van der Waals surface area contributed by atoms with Crippen molar-refractivity contribution < 1.29 is 4.79 Å². The summed E-state index contributed by atoms with van der Waals surface area (Å²) in [4.78, 5) is 33.1. The van der Waals surface area contributed by atoms with Gasteiger partial charge >= 0.3 is 0 Å². The number of hydrogen-bond donors (Lipinski definition) is 0. The molecular weight excluding hydrogens is 328 g/mol. The highest BCUT2D eigenvalue weighted by atomic mass is 16.2. The number of piperidine rings is 1. The first kappa shape index (κ1) is 17.7. The molecule has 3 aliphatic rings. The molecule has 1 amide bonds. The van der Waals surface area contributed by atoms with Crippen molar-refractivity contribution in [3.05, 3.63) is 28.4 Å². The van der Waals surface area contributed by atoms with E-state index in [1.54, 1.807) is 23.9 Å². The molecule has 1 aromatic heterocycles. The van der Waals surface area contributed by atoms with E-state index < -0.39 is 0 Å². The number of carbonyl (C=O) groups excluding carboxylic acids is 1. The summed E-state index contributed by atoms with van der Waals surface area (Å²) >= 11 is 0. The maximum Gasteiger partial charge on any atom is 0.253 e. The van der Waals surface area contributed by atoms with Crippen molar-refractivity contribution in [2.24, 2.45) is 5.92 Å². The van der Waals surface area contributed by atoms with Gasteiger partial charge < -0.3 is 9.80 Å². The van der Waals surface area contributed by atoms with E-state index in [0.717, 1.165) is 64.1 Å². The number of aromatic nitrogens is 2. The van der Waals surface area contributed by atoms with E-state index >= 15 is 0 Å². The summed E-state index contributed by atoms with van der Waals surface area (Å²) in [5.41, 5.74) is 1.08. The molecule has 1 unspecified atom stereocenters. The first-order valence-electron chi connectivity index (χ1n) is 10.2. The van der Waals surface area contributed by atoms with Gasteiger partial charge in [-0.05, 0) is 57.5 Å². The molecule has 1 atom stereocenters. The molecule has 26 heavy (non-hydrogen) atoms. The summed E-state index contributed by atoms with van der Waals surface area (Å²) in [6, 6.07) is 2.13. The van der Waals surface area contributed by atoms with E-state index in [1.807, 2.05) is 4.90 Å². The topological polar surface area (TPSA) is 58.4 Å². The Morgan fingerprint density at radius 2 is 1.88 bits per heavy atom. The monoisotopic (exact) mass is 358 g/mol. The molecule has 1 aliphatic carbocycles. The zero-order valence-electron chi connectivity index (χ0n) is 15.8. The van der Waals surface area contributed by atoms with Crippen molar-refractivity contribution in [3.8, 4) is 0 Å². The van der Waals surface area contributed by atoms with Gasteiger partial charge in [0.15, 0.2) is 0 Å². The molecule has 0 aromatic carbocycles. The van der Waals surface area contributed by atoms with Gasteiger partial charge in [-0.3, -0.25) is 14.2 Å². The van der Waals surface area contributed by atoms with Crippen LogP contribution in [0.3, 0.4) is 0 Å². The van der Waals surface area contributed by atoms with Gasteiger partial charge in [0.25, 0.3) is 5.56 Å². The second-order valence-corrected chi connectivity index (χ2v) is 8.33. The third-order valence-electron chi connectivity index (χ3n) is 6.31. The highest BCUT2D eigenvalue weighted by Gasteiger charge is 2.30. The van der Waals surface area contributed by atoms with Crippen molar-refractivity contribution >= 4 is 5.91 Å². The minimum absolute atomic E-state index is 0.104. The van der Waals surface area contributed by atoms with Crippen LogP contribution in [0, 0.1) is 5.92 Å². The Balaban J connectivity index is 1.27. The van der Waals surface area contributed by atoms with Gasteiger partial charge in [-0.15, -0.1) is 0 Å². The maximum atomic E-state index is 12.3. The largest absolute Gasteiger partial charge is 0.339 e. The van der Waals surface area contributed by atoms with E-state index in [9.17, 15) is 9.59 Å². The van der Waals surface area contributed by atoms with Crippen molar-refractivity contribution in [3.63, 3.8) is 0 Å². The van der Waals surface area contributed by atoms with Crippen LogP contribution in [0.2, 0.25) is 0 Å². The Labute approximate surface area is 155 Å². The van der Waals surface area contributed by atoms with Crippen LogP contribution < -0.4 is 5.56 Å². The van der Waals surface area contributed by atoms with Crippen LogP contribution in [-0.2, 0) is 11.3 Å². The lowest BCUT2D eigenvalue weighted by atomic mass is 9.96. The molecule has 0 N–H and O–H groups in total. The van der Waals surface area contributed by atoms with Crippen molar-refractivity contribution in [2.45, 2.75) is 64.0 Å². The Morgan fingerprint density at radius 1 is 1.12 bits per heavy atom. The second kappa shape index (κ2) is 7.51. The highest BCUT2D eigenvalue weighted by molar-refractivity contribution is 5.73. The molecule has 0 radical (unpaired) electrons. The van der Waals surface area contributed by atoms with Gasteiger partial charge in [0, 0.05) is 44.6 Å². The zero-order valence-corrected chi connectivity index (χ0v) is 15.8. The van der Waals surface area contributed by atoms with Gasteiger partial charge in [-0.25, -0.2) is 4.98 Å². The number of rotatable bonds is 5. The quantitative estimate of drug-likeness (QED) is 0.806. The number of nitrogens with zero attached hydrogens (tertiary/aromatic N) is 4. The molecule has 4 rings (SSSR count). The Kier molecular flexibility index (Phi) is 5.11. The molecular formula is C20H30N4O2. The molecule has 2 saturated heterocycles. The van der Waals surface area contributed by atoms with Gasteiger partial charge in [-0.2, -0.15) is 0 Å². The van der Waals surface area contributed by atoms with Gasteiger partial charge in [0.1, 0.15) is 0 Å². The second-order valence-electron chi connectivity index (χ2n) is 8.33. The summed E-state index contributed by atoms with van der Waals surface area (Å²) in [6.45, 7) is 6.52. The number of likely N-dealkylation sites (tertiary alicyclic amines) is 2. The van der Waals surface area contributed by atoms with Crippen LogP contribution in [0.5, 0.6) is 0 Å². The Morgan fingerprint density at radius 3 is 2.54 bits per heavy atom. The summed E-state index contributed by atoms with van der Waals surface area (Å²) in [7, 11) is 0. The van der Waals surface area contributed by atoms with Crippen LogP contribution in [0.25, 0.3) is 0 Å². The molecule has 0 bridgehead atoms. The molecule has 6 nitrogen and oxygen atoms in total. The maximum absolute atomic E-state index is 12.3. The van der Waals surface area contributed by atoms with Crippen LogP contribution in [0.4, 0.5) is 0 Å². The fourth-order valence-electron chi connectivity index (χ4n) is 4.55. The Bertz CT molecular complexity index is 704. The first-order chi connectivity index (χ1) is 12.6. The van der Waals surface area contributed by atoms with Crippen LogP contribution >= 0.6 is 0 Å². The fraction of sp³-hybridized carbons (Fsp3) is 0.750. The predicted octanol–water partition coefficient (Wildman–Crippen LogP) is 1.84. The van der Waals surface area contributed by atoms with E-state index in [1.165, 1.54) is 12.8 Å². The summed E-state index contributed by atoms with van der Waals surface area (Å²) in [6.07, 6.45) is 8.61. The lowest BCUT2D eigenvalue weighted by molar-refractivity contribution is -0.130. The number of hydrogen-bond acceptors (Lipinski definition) is 4. The van der Waals surface area contributed by atoms with E-state index in [2.05, 4.69) is 9.88 Å². The molecule has 142 valence electrons. The van der Waals surface area contributed by atoms with E-state index in [-0.39, 0.29) is 11.5 Å². The smallest absolute Gasteiger partial charge is 0.253 e. The van der Waals surface area contributed by atoms with Crippen LogP contribution in [0.1, 0.15) is 57.1 Å². The average Bonchev–Trinajstić information content (AvgIpc) is 3.37. The molecule has 3 heterocycles. The predicted molar refractivity (Wildman–Crippen MR) is 100 cm³/mol. The van der Waals surface area contributed by atoms with Crippen molar-refractivity contribution in [1.82, 2.24) is 19.4 Å². The van der Waals surface area contributed by atoms with E-state index in [4.69, 9.17) is 0 Å². The summed E-state index contributed by atoms with van der Waals surface area (Å²) < 4.78 is 1.79. The summed E-state index contributed by atoms with van der Waals surface area (Å²) in [5, 5.41) is 0.